The molecule has 0 amide bonds. The average molecular weight is 287 g/mol. The van der Waals surface area contributed by atoms with Crippen molar-refractivity contribution in [2.75, 3.05) is 33.9 Å². The second kappa shape index (κ2) is 8.47. The van der Waals surface area contributed by atoms with Gasteiger partial charge >= 0.3 is 0 Å². The third-order valence-corrected chi connectivity index (χ3v) is 3.46. The van der Waals surface area contributed by atoms with Crippen molar-refractivity contribution in [3.05, 3.63) is 47.5 Å². The third kappa shape index (κ3) is 5.60. The van der Waals surface area contributed by atoms with Gasteiger partial charge in [0.05, 0.1) is 19.8 Å². The number of guanidine groups is 1. The number of ether oxygens (including phenoxy) is 1. The SMILES string of the molecule is CN(C)C(=NCc1ccccc1)NCCC1=CCOCC1. The predicted octanol–water partition coefficient (Wildman–Crippen LogP) is 2.43. The standard InChI is InChI=1S/C17H25N3O/c1-20(2)17(19-14-16-6-4-3-5-7-16)18-11-8-15-9-12-21-13-10-15/h3-7,9H,8,10-14H2,1-2H3,(H,18,19). The van der Waals surface area contributed by atoms with Crippen LogP contribution in [-0.2, 0) is 11.3 Å². The lowest BCUT2D eigenvalue weighted by molar-refractivity contribution is 0.153. The molecule has 0 radical (unpaired) electrons. The second-order valence-electron chi connectivity index (χ2n) is 5.38. The van der Waals surface area contributed by atoms with Crippen molar-refractivity contribution in [3.8, 4) is 0 Å². The van der Waals surface area contributed by atoms with E-state index < -0.39 is 0 Å². The van der Waals surface area contributed by atoms with E-state index in [1.165, 1.54) is 11.1 Å². The van der Waals surface area contributed by atoms with Crippen LogP contribution in [0.15, 0.2) is 47.0 Å². The molecule has 4 heteroatoms. The summed E-state index contributed by atoms with van der Waals surface area (Å²) >= 11 is 0. The molecule has 1 aromatic carbocycles. The van der Waals surface area contributed by atoms with Crippen LogP contribution in [0.3, 0.4) is 0 Å². The molecule has 0 saturated heterocycles. The van der Waals surface area contributed by atoms with Crippen LogP contribution in [0.4, 0.5) is 0 Å². The zero-order valence-electron chi connectivity index (χ0n) is 13.0. The quantitative estimate of drug-likeness (QED) is 0.513. The first kappa shape index (κ1) is 15.6. The Kier molecular flexibility index (Phi) is 6.28. The molecule has 1 N–H and O–H groups in total. The zero-order chi connectivity index (χ0) is 14.9. The van der Waals surface area contributed by atoms with Crippen LogP contribution in [0.5, 0.6) is 0 Å². The molecule has 0 fully saturated rings. The van der Waals surface area contributed by atoms with Crippen molar-refractivity contribution in [2.24, 2.45) is 4.99 Å². The van der Waals surface area contributed by atoms with Crippen molar-refractivity contribution < 1.29 is 4.74 Å². The van der Waals surface area contributed by atoms with E-state index in [9.17, 15) is 0 Å². The van der Waals surface area contributed by atoms with Crippen molar-refractivity contribution in [1.29, 1.82) is 0 Å². The first-order valence-electron chi connectivity index (χ1n) is 7.51. The Morgan fingerprint density at radius 2 is 2.10 bits per heavy atom. The maximum Gasteiger partial charge on any atom is 0.193 e. The Bertz CT molecular complexity index is 480. The van der Waals surface area contributed by atoms with Gasteiger partial charge in [-0.15, -0.1) is 0 Å². The van der Waals surface area contributed by atoms with Gasteiger partial charge in [-0.05, 0) is 18.4 Å². The highest BCUT2D eigenvalue weighted by molar-refractivity contribution is 5.79. The lowest BCUT2D eigenvalue weighted by Crippen LogP contribution is -2.37. The van der Waals surface area contributed by atoms with Crippen LogP contribution in [0, 0.1) is 0 Å². The predicted molar refractivity (Wildman–Crippen MR) is 87.4 cm³/mol. The minimum Gasteiger partial charge on any atom is -0.377 e. The fourth-order valence-electron chi connectivity index (χ4n) is 2.23. The molecule has 0 bridgehead atoms. The molecule has 1 aromatic rings. The van der Waals surface area contributed by atoms with Gasteiger partial charge in [0.15, 0.2) is 5.96 Å². The minimum atomic E-state index is 0.706. The Morgan fingerprint density at radius 3 is 2.76 bits per heavy atom. The fraction of sp³-hybridized carbons (Fsp3) is 0.471. The minimum absolute atomic E-state index is 0.706. The van der Waals surface area contributed by atoms with E-state index in [2.05, 4.69) is 28.5 Å². The van der Waals surface area contributed by atoms with E-state index in [-0.39, 0.29) is 0 Å². The van der Waals surface area contributed by atoms with Crippen molar-refractivity contribution >= 4 is 5.96 Å². The molecular weight excluding hydrogens is 262 g/mol. The van der Waals surface area contributed by atoms with Gasteiger partial charge in [-0.2, -0.15) is 0 Å². The lowest BCUT2D eigenvalue weighted by atomic mass is 10.1. The highest BCUT2D eigenvalue weighted by Gasteiger charge is 2.05. The molecule has 21 heavy (non-hydrogen) atoms. The van der Waals surface area contributed by atoms with E-state index in [0.29, 0.717) is 6.54 Å². The molecular formula is C17H25N3O. The summed E-state index contributed by atoms with van der Waals surface area (Å²) in [6, 6.07) is 10.3. The summed E-state index contributed by atoms with van der Waals surface area (Å²) in [6.07, 6.45) is 4.31. The van der Waals surface area contributed by atoms with Gasteiger partial charge in [0.1, 0.15) is 0 Å². The van der Waals surface area contributed by atoms with Gasteiger partial charge < -0.3 is 15.0 Å². The van der Waals surface area contributed by atoms with Gasteiger partial charge in [0, 0.05) is 20.6 Å². The molecule has 0 atom stereocenters. The largest absolute Gasteiger partial charge is 0.377 e. The molecule has 0 spiro atoms. The first-order chi connectivity index (χ1) is 10.3. The smallest absolute Gasteiger partial charge is 0.193 e. The molecule has 0 aliphatic carbocycles. The van der Waals surface area contributed by atoms with Crippen LogP contribution in [0.2, 0.25) is 0 Å². The molecule has 1 heterocycles. The topological polar surface area (TPSA) is 36.9 Å². The maximum absolute atomic E-state index is 5.32. The monoisotopic (exact) mass is 287 g/mol. The number of rotatable bonds is 5. The van der Waals surface area contributed by atoms with Crippen LogP contribution in [0.25, 0.3) is 0 Å². The number of nitrogens with zero attached hydrogens (tertiary/aromatic N) is 2. The van der Waals surface area contributed by atoms with Crippen molar-refractivity contribution in [2.45, 2.75) is 19.4 Å². The highest BCUT2D eigenvalue weighted by atomic mass is 16.5. The fourth-order valence-corrected chi connectivity index (χ4v) is 2.23. The lowest BCUT2D eigenvalue weighted by Gasteiger charge is -2.19. The number of hydrogen-bond acceptors (Lipinski definition) is 2. The number of nitrogens with one attached hydrogen (secondary N) is 1. The molecule has 2 rings (SSSR count). The number of aliphatic imine (C=N–C) groups is 1. The highest BCUT2D eigenvalue weighted by Crippen LogP contribution is 2.10. The van der Waals surface area contributed by atoms with Gasteiger partial charge in [-0.1, -0.05) is 42.0 Å². The van der Waals surface area contributed by atoms with Crippen LogP contribution < -0.4 is 5.32 Å². The number of benzene rings is 1. The number of hydrogen-bond donors (Lipinski definition) is 1. The maximum atomic E-state index is 5.32. The van der Waals surface area contributed by atoms with Crippen LogP contribution in [0.1, 0.15) is 18.4 Å². The third-order valence-electron chi connectivity index (χ3n) is 3.46. The average Bonchev–Trinajstić information content (AvgIpc) is 2.52. The Balaban J connectivity index is 1.82. The molecule has 0 aromatic heterocycles. The van der Waals surface area contributed by atoms with Crippen molar-refractivity contribution in [3.63, 3.8) is 0 Å². The Labute approximate surface area is 127 Å². The van der Waals surface area contributed by atoms with E-state index in [1.807, 2.05) is 37.2 Å². The summed E-state index contributed by atoms with van der Waals surface area (Å²) in [4.78, 5) is 6.69. The second-order valence-corrected chi connectivity index (χ2v) is 5.38. The normalized spacial score (nSPS) is 15.5. The molecule has 114 valence electrons. The van der Waals surface area contributed by atoms with E-state index in [0.717, 1.165) is 38.6 Å². The van der Waals surface area contributed by atoms with Gasteiger partial charge in [-0.25, -0.2) is 4.99 Å². The molecule has 0 saturated carbocycles. The molecule has 1 aliphatic heterocycles. The first-order valence-corrected chi connectivity index (χ1v) is 7.51. The van der Waals surface area contributed by atoms with E-state index >= 15 is 0 Å². The van der Waals surface area contributed by atoms with Gasteiger partial charge in [-0.3, -0.25) is 0 Å². The summed E-state index contributed by atoms with van der Waals surface area (Å²) in [5, 5.41) is 3.43. The molecule has 1 aliphatic rings. The van der Waals surface area contributed by atoms with Crippen LogP contribution in [-0.4, -0.2) is 44.7 Å². The van der Waals surface area contributed by atoms with Gasteiger partial charge in [0.25, 0.3) is 0 Å². The molecule has 0 unspecified atom stereocenters. The zero-order valence-corrected chi connectivity index (χ0v) is 13.0. The van der Waals surface area contributed by atoms with E-state index in [1.54, 1.807) is 0 Å². The summed E-state index contributed by atoms with van der Waals surface area (Å²) in [6.45, 7) is 3.24. The summed E-state index contributed by atoms with van der Waals surface area (Å²) < 4.78 is 5.32. The van der Waals surface area contributed by atoms with Gasteiger partial charge in [0.2, 0.25) is 0 Å². The summed E-state index contributed by atoms with van der Waals surface area (Å²) in [5.41, 5.74) is 2.71. The van der Waals surface area contributed by atoms with Crippen molar-refractivity contribution in [1.82, 2.24) is 10.2 Å². The Hall–Kier alpha value is -1.81. The van der Waals surface area contributed by atoms with E-state index in [4.69, 9.17) is 4.74 Å². The van der Waals surface area contributed by atoms with Crippen LogP contribution >= 0.6 is 0 Å². The molecule has 4 nitrogen and oxygen atoms in total. The summed E-state index contributed by atoms with van der Waals surface area (Å²) in [7, 11) is 4.04. The summed E-state index contributed by atoms with van der Waals surface area (Å²) in [5.74, 6) is 0.937. The Morgan fingerprint density at radius 1 is 1.29 bits per heavy atom.